The van der Waals surface area contributed by atoms with Crippen LogP contribution in [0.4, 0.5) is 0 Å². The van der Waals surface area contributed by atoms with Crippen LogP contribution in [0.3, 0.4) is 0 Å². The maximum Gasteiger partial charge on any atom is 0.343 e. The molecule has 0 spiro atoms. The molecule has 2 heterocycles. The van der Waals surface area contributed by atoms with Crippen LogP contribution in [0.1, 0.15) is 37.9 Å². The third-order valence-electron chi connectivity index (χ3n) is 6.20. The van der Waals surface area contributed by atoms with Gasteiger partial charge in [0, 0.05) is 10.6 Å². The number of esters is 2. The zero-order valence-corrected chi connectivity index (χ0v) is 25.8. The van der Waals surface area contributed by atoms with Gasteiger partial charge in [-0.1, -0.05) is 40.6 Å². The first-order chi connectivity index (χ1) is 20.1. The Morgan fingerprint density at radius 3 is 2.50 bits per heavy atom. The monoisotopic (exact) mass is 634 g/mol. The largest absolute Gasteiger partial charge is 0.495 e. The molecule has 1 aliphatic rings. The maximum absolute atomic E-state index is 14.0. The van der Waals surface area contributed by atoms with Crippen LogP contribution in [0.5, 0.6) is 17.2 Å². The highest BCUT2D eigenvalue weighted by atomic mass is 35.5. The number of methoxy groups -OCH3 is 2. The number of hydrogen-bond acceptors (Lipinski definition) is 10. The Morgan fingerprint density at radius 2 is 1.83 bits per heavy atom. The van der Waals surface area contributed by atoms with Crippen LogP contribution in [-0.2, 0) is 19.1 Å². The lowest BCUT2D eigenvalue weighted by atomic mass is 9.95. The van der Waals surface area contributed by atoms with Gasteiger partial charge in [-0.05, 0) is 56.7 Å². The van der Waals surface area contributed by atoms with Gasteiger partial charge in [0.25, 0.3) is 5.56 Å². The fourth-order valence-corrected chi connectivity index (χ4v) is 6.05. The van der Waals surface area contributed by atoms with E-state index >= 15 is 0 Å². The average Bonchev–Trinajstić information content (AvgIpc) is 3.25. The first-order valence-corrected chi connectivity index (χ1v) is 14.4. The van der Waals surface area contributed by atoms with Crippen molar-refractivity contribution in [3.05, 3.63) is 82.5 Å². The number of hydrogen-bond donors (Lipinski definition) is 0. The lowest BCUT2D eigenvalue weighted by Crippen LogP contribution is -2.40. The average molecular weight is 636 g/mol. The maximum atomic E-state index is 14.0. The molecular weight excluding hydrogens is 607 g/mol. The Hall–Kier alpha value is -3.80. The van der Waals surface area contributed by atoms with Crippen molar-refractivity contribution in [2.24, 2.45) is 4.99 Å². The number of aromatic nitrogens is 1. The van der Waals surface area contributed by atoms with Crippen LogP contribution in [0.2, 0.25) is 10.0 Å². The molecular formula is C29H28Cl2N2O8S. The standard InChI is InChI=1S/C29H28Cl2N2O8S/c1-6-39-21-11-16(8-9-20(21)41-14-23(34)37-4)25-24(28(36)40-7-2)15(3)32-29-33(25)27(35)22(42-29)12-17-10-18(30)13-19(31)26(17)38-5/h8-13,25H,6-7,14H2,1-5H3/b22-12+/t25-/m0/s1. The number of halogens is 2. The molecule has 13 heteroatoms. The summed E-state index contributed by atoms with van der Waals surface area (Å²) in [6, 6.07) is 7.24. The third kappa shape index (κ3) is 6.33. The lowest BCUT2D eigenvalue weighted by Gasteiger charge is -2.25. The molecule has 222 valence electrons. The van der Waals surface area contributed by atoms with Gasteiger partial charge < -0.3 is 23.7 Å². The van der Waals surface area contributed by atoms with Crippen molar-refractivity contribution in [1.82, 2.24) is 4.57 Å². The molecule has 1 aliphatic heterocycles. The van der Waals surface area contributed by atoms with Gasteiger partial charge in [0.15, 0.2) is 22.9 Å². The fraction of sp³-hybridized carbons (Fsp3) is 0.310. The Morgan fingerprint density at radius 1 is 1.07 bits per heavy atom. The molecule has 3 aromatic rings. The van der Waals surface area contributed by atoms with Crippen molar-refractivity contribution in [2.75, 3.05) is 34.0 Å². The molecule has 2 aromatic carbocycles. The second-order valence-electron chi connectivity index (χ2n) is 8.82. The highest BCUT2D eigenvalue weighted by molar-refractivity contribution is 7.07. The number of thiazole rings is 1. The Balaban J connectivity index is 1.94. The Labute approximate surface area is 255 Å². The van der Waals surface area contributed by atoms with E-state index in [9.17, 15) is 14.4 Å². The Kier molecular flexibility index (Phi) is 9.97. The molecule has 0 aliphatic carbocycles. The van der Waals surface area contributed by atoms with Gasteiger partial charge in [0.1, 0.15) is 5.75 Å². The summed E-state index contributed by atoms with van der Waals surface area (Å²) >= 11 is 13.7. The number of carbonyl (C=O) groups excluding carboxylic acids is 2. The minimum Gasteiger partial charge on any atom is -0.495 e. The van der Waals surface area contributed by atoms with Gasteiger partial charge in [0.2, 0.25) is 0 Å². The molecule has 0 unspecified atom stereocenters. The zero-order chi connectivity index (χ0) is 30.6. The summed E-state index contributed by atoms with van der Waals surface area (Å²) in [4.78, 5) is 43.8. The first kappa shape index (κ1) is 31.1. The van der Waals surface area contributed by atoms with Gasteiger partial charge >= 0.3 is 11.9 Å². The molecule has 0 bridgehead atoms. The predicted molar refractivity (Wildman–Crippen MR) is 159 cm³/mol. The number of allylic oxidation sites excluding steroid dienone is 1. The van der Waals surface area contributed by atoms with E-state index in [1.807, 2.05) is 0 Å². The summed E-state index contributed by atoms with van der Waals surface area (Å²) in [5.41, 5.74) is 1.24. The molecule has 42 heavy (non-hydrogen) atoms. The van der Waals surface area contributed by atoms with E-state index in [-0.39, 0.29) is 18.8 Å². The van der Waals surface area contributed by atoms with E-state index in [0.717, 1.165) is 11.3 Å². The molecule has 1 atom stereocenters. The number of rotatable bonds is 10. The van der Waals surface area contributed by atoms with Gasteiger partial charge in [0.05, 0.1) is 54.3 Å². The summed E-state index contributed by atoms with van der Waals surface area (Å²) in [6.07, 6.45) is 1.62. The number of nitrogens with zero attached hydrogens (tertiary/aromatic N) is 2. The van der Waals surface area contributed by atoms with Crippen LogP contribution in [0.15, 0.2) is 51.4 Å². The quantitative estimate of drug-likeness (QED) is 0.307. The number of carbonyl (C=O) groups is 2. The number of benzene rings is 2. The van der Waals surface area contributed by atoms with E-state index < -0.39 is 23.5 Å². The van der Waals surface area contributed by atoms with E-state index in [4.69, 9.17) is 42.1 Å². The van der Waals surface area contributed by atoms with Crippen molar-refractivity contribution < 1.29 is 33.3 Å². The summed E-state index contributed by atoms with van der Waals surface area (Å²) in [5, 5.41) is 0.663. The van der Waals surface area contributed by atoms with Gasteiger partial charge in [-0.3, -0.25) is 9.36 Å². The fourth-order valence-electron chi connectivity index (χ4n) is 4.43. The molecule has 0 fully saturated rings. The van der Waals surface area contributed by atoms with Crippen molar-refractivity contribution in [2.45, 2.75) is 26.8 Å². The smallest absolute Gasteiger partial charge is 0.343 e. The minimum absolute atomic E-state index is 0.132. The molecule has 10 nitrogen and oxygen atoms in total. The molecule has 0 amide bonds. The molecule has 4 rings (SSSR count). The minimum atomic E-state index is -0.902. The summed E-state index contributed by atoms with van der Waals surface area (Å²) < 4.78 is 28.6. The van der Waals surface area contributed by atoms with Crippen LogP contribution < -0.4 is 29.1 Å². The second-order valence-corrected chi connectivity index (χ2v) is 10.7. The molecule has 0 radical (unpaired) electrons. The normalized spacial score (nSPS) is 14.6. The summed E-state index contributed by atoms with van der Waals surface area (Å²) in [6.45, 7) is 5.28. The highest BCUT2D eigenvalue weighted by Crippen LogP contribution is 2.37. The van der Waals surface area contributed by atoms with Crippen LogP contribution in [0.25, 0.3) is 6.08 Å². The van der Waals surface area contributed by atoms with Crippen LogP contribution >= 0.6 is 34.5 Å². The van der Waals surface area contributed by atoms with Crippen LogP contribution in [-0.4, -0.2) is 50.5 Å². The van der Waals surface area contributed by atoms with Gasteiger partial charge in [-0.2, -0.15) is 0 Å². The van der Waals surface area contributed by atoms with E-state index in [0.29, 0.717) is 60.1 Å². The Bertz CT molecular complexity index is 1740. The van der Waals surface area contributed by atoms with Gasteiger partial charge in [-0.15, -0.1) is 0 Å². The van der Waals surface area contributed by atoms with Gasteiger partial charge in [-0.25, -0.2) is 14.6 Å². The zero-order valence-electron chi connectivity index (χ0n) is 23.5. The SMILES string of the molecule is CCOC(=O)C1=C(C)N=c2s/c(=C/c3cc(Cl)cc(Cl)c3OC)c(=O)n2[C@H]1c1ccc(OCC(=O)OC)c(OCC)c1. The van der Waals surface area contributed by atoms with E-state index in [1.54, 1.807) is 57.2 Å². The lowest BCUT2D eigenvalue weighted by molar-refractivity contribution is -0.143. The molecule has 1 aromatic heterocycles. The molecule has 0 saturated heterocycles. The molecule has 0 N–H and O–H groups in total. The van der Waals surface area contributed by atoms with Crippen molar-refractivity contribution in [3.63, 3.8) is 0 Å². The summed E-state index contributed by atoms with van der Waals surface area (Å²) in [7, 11) is 2.73. The van der Waals surface area contributed by atoms with E-state index in [1.165, 1.54) is 18.8 Å². The topological polar surface area (TPSA) is 115 Å². The van der Waals surface area contributed by atoms with E-state index in [2.05, 4.69) is 9.73 Å². The molecule has 0 saturated carbocycles. The predicted octanol–water partition coefficient (Wildman–Crippen LogP) is 4.06. The summed E-state index contributed by atoms with van der Waals surface area (Å²) in [5.74, 6) is -0.200. The first-order valence-electron chi connectivity index (χ1n) is 12.8. The van der Waals surface area contributed by atoms with Crippen LogP contribution in [0, 0.1) is 0 Å². The van der Waals surface area contributed by atoms with Crippen molar-refractivity contribution in [1.29, 1.82) is 0 Å². The highest BCUT2D eigenvalue weighted by Gasteiger charge is 2.34. The second kappa shape index (κ2) is 13.5. The third-order valence-corrected chi connectivity index (χ3v) is 7.68. The number of ether oxygens (including phenoxy) is 5. The van der Waals surface area contributed by atoms with Crippen molar-refractivity contribution >= 4 is 52.6 Å². The number of fused-ring (bicyclic) bond motifs is 1. The van der Waals surface area contributed by atoms with Crippen molar-refractivity contribution in [3.8, 4) is 17.2 Å².